The molecule has 1 aromatic rings. The zero-order valence-electron chi connectivity index (χ0n) is 7.61. The lowest BCUT2D eigenvalue weighted by Crippen LogP contribution is -2.09. The van der Waals surface area contributed by atoms with Gasteiger partial charge in [-0.15, -0.1) is 0 Å². The predicted molar refractivity (Wildman–Crippen MR) is 64.6 cm³/mol. The summed E-state index contributed by atoms with van der Waals surface area (Å²) in [6.45, 7) is 0. The molecule has 0 saturated heterocycles. The minimum absolute atomic E-state index is 0.457. The van der Waals surface area contributed by atoms with Gasteiger partial charge in [0, 0.05) is 15.7 Å². The summed E-state index contributed by atoms with van der Waals surface area (Å²) in [7, 11) is 0. The van der Waals surface area contributed by atoms with Gasteiger partial charge in [0.2, 0.25) is 5.91 Å². The Labute approximate surface area is 100 Å². The average Bonchev–Trinajstić information content (AvgIpc) is 2.18. The van der Waals surface area contributed by atoms with Gasteiger partial charge in [0.05, 0.1) is 5.69 Å². The monoisotopic (exact) mass is 317 g/mol. The van der Waals surface area contributed by atoms with Crippen molar-refractivity contribution in [3.05, 3.63) is 40.0 Å². The molecule has 0 saturated carbocycles. The third-order valence-electron chi connectivity index (χ3n) is 1.51. The number of carboxylic acid groups (broad SMARTS) is 1. The van der Waals surface area contributed by atoms with Crippen molar-refractivity contribution in [2.24, 2.45) is 0 Å². The second kappa shape index (κ2) is 5.50. The molecule has 0 aliphatic rings. The Balaban J connectivity index is 2.67. The molecule has 0 unspecified atom stereocenters. The van der Waals surface area contributed by atoms with Crippen molar-refractivity contribution in [2.75, 3.05) is 5.32 Å². The number of hydrogen-bond acceptors (Lipinski definition) is 2. The molecule has 0 aliphatic heterocycles. The van der Waals surface area contributed by atoms with E-state index in [9.17, 15) is 9.59 Å². The fourth-order valence-corrected chi connectivity index (χ4v) is 1.41. The van der Waals surface area contributed by atoms with Crippen molar-refractivity contribution in [1.82, 2.24) is 0 Å². The highest BCUT2D eigenvalue weighted by atomic mass is 127. The molecule has 0 fully saturated rings. The lowest BCUT2D eigenvalue weighted by atomic mass is 10.3. The van der Waals surface area contributed by atoms with Crippen LogP contribution in [0.2, 0.25) is 0 Å². The summed E-state index contributed by atoms with van der Waals surface area (Å²) < 4.78 is 0.896. The highest BCUT2D eigenvalue weighted by Crippen LogP contribution is 2.16. The van der Waals surface area contributed by atoms with Crippen LogP contribution >= 0.6 is 22.6 Å². The topological polar surface area (TPSA) is 66.4 Å². The molecule has 4 nitrogen and oxygen atoms in total. The molecule has 0 bridgehead atoms. The molecule has 0 aromatic heterocycles. The van der Waals surface area contributed by atoms with E-state index < -0.39 is 11.9 Å². The standard InChI is InChI=1S/C10H8INO3/c11-7-3-1-2-4-8(7)12-9(13)5-6-10(14)15/h1-6H,(H,12,13)(H,14,15)/b6-5+. The number of rotatable bonds is 3. The highest BCUT2D eigenvalue weighted by Gasteiger charge is 2.01. The smallest absolute Gasteiger partial charge is 0.328 e. The summed E-state index contributed by atoms with van der Waals surface area (Å²) in [5.74, 6) is -1.60. The first-order valence-electron chi connectivity index (χ1n) is 4.06. The molecule has 1 amide bonds. The molecule has 1 rings (SSSR count). The summed E-state index contributed by atoms with van der Waals surface area (Å²) in [5.41, 5.74) is 0.665. The molecule has 15 heavy (non-hydrogen) atoms. The minimum Gasteiger partial charge on any atom is -0.478 e. The van der Waals surface area contributed by atoms with E-state index in [1.54, 1.807) is 12.1 Å². The molecule has 0 heterocycles. The van der Waals surface area contributed by atoms with E-state index >= 15 is 0 Å². The number of anilines is 1. The molecule has 1 aromatic carbocycles. The second-order valence-electron chi connectivity index (χ2n) is 2.64. The van der Waals surface area contributed by atoms with Gasteiger partial charge in [0.1, 0.15) is 0 Å². The number of benzene rings is 1. The van der Waals surface area contributed by atoms with Crippen LogP contribution in [0.4, 0.5) is 5.69 Å². The van der Waals surface area contributed by atoms with Crippen molar-refractivity contribution in [3.63, 3.8) is 0 Å². The number of aliphatic carboxylic acids is 1. The van der Waals surface area contributed by atoms with Crippen LogP contribution in [-0.2, 0) is 9.59 Å². The van der Waals surface area contributed by atoms with Crippen molar-refractivity contribution >= 4 is 40.2 Å². The van der Waals surface area contributed by atoms with Gasteiger partial charge < -0.3 is 10.4 Å². The third kappa shape index (κ3) is 4.11. The Morgan fingerprint density at radius 2 is 1.93 bits per heavy atom. The number of carboxylic acids is 1. The maximum Gasteiger partial charge on any atom is 0.328 e. The molecule has 78 valence electrons. The maximum absolute atomic E-state index is 11.2. The predicted octanol–water partition coefficient (Wildman–Crippen LogP) is 1.87. The largest absolute Gasteiger partial charge is 0.478 e. The van der Waals surface area contributed by atoms with Gasteiger partial charge in [-0.2, -0.15) is 0 Å². The number of nitrogens with one attached hydrogen (secondary N) is 1. The Morgan fingerprint density at radius 3 is 2.53 bits per heavy atom. The fraction of sp³-hybridized carbons (Fsp3) is 0. The number of carbonyl (C=O) groups is 2. The van der Waals surface area contributed by atoms with Crippen molar-refractivity contribution in [3.8, 4) is 0 Å². The van der Waals surface area contributed by atoms with Gasteiger partial charge in [-0.1, -0.05) is 12.1 Å². The van der Waals surface area contributed by atoms with Gasteiger partial charge in [-0.05, 0) is 34.7 Å². The highest BCUT2D eigenvalue weighted by molar-refractivity contribution is 14.1. The van der Waals surface area contributed by atoms with Crippen LogP contribution in [0.15, 0.2) is 36.4 Å². The van der Waals surface area contributed by atoms with Crippen molar-refractivity contribution in [2.45, 2.75) is 0 Å². The van der Waals surface area contributed by atoms with E-state index in [4.69, 9.17) is 5.11 Å². The first-order chi connectivity index (χ1) is 7.09. The van der Waals surface area contributed by atoms with Crippen LogP contribution in [0, 0.1) is 3.57 Å². The zero-order valence-corrected chi connectivity index (χ0v) is 9.76. The lowest BCUT2D eigenvalue weighted by molar-refractivity contribution is -0.131. The number of para-hydroxylation sites is 1. The first kappa shape index (κ1) is 11.7. The Hall–Kier alpha value is -1.37. The van der Waals surface area contributed by atoms with Crippen LogP contribution in [0.5, 0.6) is 0 Å². The van der Waals surface area contributed by atoms with Crippen LogP contribution < -0.4 is 5.32 Å². The van der Waals surface area contributed by atoms with E-state index in [-0.39, 0.29) is 0 Å². The molecular weight excluding hydrogens is 309 g/mol. The summed E-state index contributed by atoms with van der Waals surface area (Å²) in [6, 6.07) is 7.23. The summed E-state index contributed by atoms with van der Waals surface area (Å²) in [5, 5.41) is 10.9. The zero-order chi connectivity index (χ0) is 11.3. The summed E-state index contributed by atoms with van der Waals surface area (Å²) >= 11 is 2.08. The quantitative estimate of drug-likeness (QED) is 0.661. The van der Waals surface area contributed by atoms with E-state index in [1.165, 1.54) is 0 Å². The average molecular weight is 317 g/mol. The molecule has 0 atom stereocenters. The van der Waals surface area contributed by atoms with Gasteiger partial charge in [0.15, 0.2) is 0 Å². The molecule has 2 N–H and O–H groups in total. The maximum atomic E-state index is 11.2. The summed E-state index contributed by atoms with van der Waals surface area (Å²) in [6.07, 6.45) is 1.77. The van der Waals surface area contributed by atoms with Crippen LogP contribution in [0.3, 0.4) is 0 Å². The lowest BCUT2D eigenvalue weighted by Gasteiger charge is -2.03. The molecule has 5 heteroatoms. The molecule has 0 aliphatic carbocycles. The Bertz CT molecular complexity index is 415. The van der Waals surface area contributed by atoms with Crippen LogP contribution in [0.1, 0.15) is 0 Å². The Kier molecular flexibility index (Phi) is 4.29. The minimum atomic E-state index is -1.15. The van der Waals surface area contributed by atoms with E-state index in [2.05, 4.69) is 27.9 Å². The van der Waals surface area contributed by atoms with E-state index in [1.807, 2.05) is 12.1 Å². The second-order valence-corrected chi connectivity index (χ2v) is 3.80. The third-order valence-corrected chi connectivity index (χ3v) is 2.45. The number of halogens is 1. The number of hydrogen-bond donors (Lipinski definition) is 2. The van der Waals surface area contributed by atoms with Gasteiger partial charge in [-0.25, -0.2) is 4.79 Å². The van der Waals surface area contributed by atoms with Crippen LogP contribution in [-0.4, -0.2) is 17.0 Å². The molecule has 0 spiro atoms. The van der Waals surface area contributed by atoms with Gasteiger partial charge in [-0.3, -0.25) is 4.79 Å². The summed E-state index contributed by atoms with van der Waals surface area (Å²) in [4.78, 5) is 21.4. The van der Waals surface area contributed by atoms with E-state index in [0.717, 1.165) is 15.7 Å². The SMILES string of the molecule is O=C(O)/C=C/C(=O)Nc1ccccc1I. The molecular formula is C10H8INO3. The normalized spacial score (nSPS) is 10.2. The van der Waals surface area contributed by atoms with Gasteiger partial charge >= 0.3 is 5.97 Å². The fourth-order valence-electron chi connectivity index (χ4n) is 0.884. The first-order valence-corrected chi connectivity index (χ1v) is 5.14. The van der Waals surface area contributed by atoms with Gasteiger partial charge in [0.25, 0.3) is 0 Å². The van der Waals surface area contributed by atoms with Crippen molar-refractivity contribution < 1.29 is 14.7 Å². The van der Waals surface area contributed by atoms with Crippen molar-refractivity contribution in [1.29, 1.82) is 0 Å². The van der Waals surface area contributed by atoms with Crippen LogP contribution in [0.25, 0.3) is 0 Å². The number of amides is 1. The molecule has 0 radical (unpaired) electrons. The Morgan fingerprint density at radius 1 is 1.27 bits per heavy atom. The number of carbonyl (C=O) groups excluding carboxylic acids is 1. The van der Waals surface area contributed by atoms with E-state index in [0.29, 0.717) is 5.69 Å².